The van der Waals surface area contributed by atoms with Gasteiger partial charge < -0.3 is 10.6 Å². The summed E-state index contributed by atoms with van der Waals surface area (Å²) in [6.45, 7) is 5.40. The van der Waals surface area contributed by atoms with Gasteiger partial charge in [0, 0.05) is 12.1 Å². The number of hydrogen-bond acceptors (Lipinski definition) is 4. The van der Waals surface area contributed by atoms with E-state index in [-0.39, 0.29) is 24.1 Å². The Morgan fingerprint density at radius 2 is 2.12 bits per heavy atom. The predicted octanol–water partition coefficient (Wildman–Crippen LogP) is 2.76. The Labute approximate surface area is 150 Å². The zero-order valence-corrected chi connectivity index (χ0v) is 15.9. The van der Waals surface area contributed by atoms with Gasteiger partial charge in [0.25, 0.3) is 0 Å². The topological polar surface area (TPSA) is 75.3 Å². The van der Waals surface area contributed by atoms with Gasteiger partial charge in [0.15, 0.2) is 9.84 Å². The summed E-state index contributed by atoms with van der Waals surface area (Å²) >= 11 is 0. The smallest absolute Gasteiger partial charge is 0.224 e. The average molecular weight is 375 g/mol. The second kappa shape index (κ2) is 9.39. The molecule has 1 heterocycles. The van der Waals surface area contributed by atoms with Crippen LogP contribution in [0.3, 0.4) is 0 Å². The van der Waals surface area contributed by atoms with Crippen LogP contribution in [0.25, 0.3) is 0 Å². The van der Waals surface area contributed by atoms with Crippen molar-refractivity contribution in [3.63, 3.8) is 0 Å². The van der Waals surface area contributed by atoms with Crippen molar-refractivity contribution in [2.75, 3.05) is 18.4 Å². The quantitative estimate of drug-likeness (QED) is 0.769. The molecule has 2 rings (SSSR count). The van der Waals surface area contributed by atoms with Gasteiger partial charge in [-0.25, -0.2) is 8.42 Å². The van der Waals surface area contributed by atoms with Crippen LogP contribution < -0.4 is 10.6 Å². The molecule has 2 N–H and O–H groups in total. The Kier molecular flexibility index (Phi) is 8.19. The van der Waals surface area contributed by atoms with E-state index in [1.165, 1.54) is 0 Å². The molecule has 0 spiro atoms. The molecule has 1 unspecified atom stereocenters. The van der Waals surface area contributed by atoms with E-state index < -0.39 is 15.1 Å². The zero-order valence-electron chi connectivity index (χ0n) is 14.2. The Morgan fingerprint density at radius 1 is 1.38 bits per heavy atom. The van der Waals surface area contributed by atoms with Gasteiger partial charge in [-0.1, -0.05) is 12.1 Å². The standard InChI is InChI=1S/C17H26N2O3S.ClH/c1-13(2)23(21,22)12-15-4-3-5-16(10-15)19-17(20)7-6-14-8-9-18-11-14;/h3-5,10,13-14,18H,6-9,11-12H2,1-2H3,(H,19,20);1H. The minimum absolute atomic E-state index is 0. The van der Waals surface area contributed by atoms with Gasteiger partial charge in [-0.3, -0.25) is 4.79 Å². The third kappa shape index (κ3) is 6.42. The van der Waals surface area contributed by atoms with Crippen molar-refractivity contribution in [2.45, 2.75) is 44.1 Å². The molecule has 136 valence electrons. The van der Waals surface area contributed by atoms with Crippen LogP contribution in [-0.4, -0.2) is 32.7 Å². The van der Waals surface area contributed by atoms with Gasteiger partial charge in [0.05, 0.1) is 11.0 Å². The van der Waals surface area contributed by atoms with Crippen molar-refractivity contribution in [3.8, 4) is 0 Å². The highest BCUT2D eigenvalue weighted by atomic mass is 35.5. The summed E-state index contributed by atoms with van der Waals surface area (Å²) < 4.78 is 24.0. The van der Waals surface area contributed by atoms with Crippen LogP contribution in [0.4, 0.5) is 5.69 Å². The Hall–Kier alpha value is -1.11. The van der Waals surface area contributed by atoms with Crippen LogP contribution in [-0.2, 0) is 20.4 Å². The normalized spacial score (nSPS) is 17.5. The molecule has 1 aliphatic heterocycles. The monoisotopic (exact) mass is 374 g/mol. The van der Waals surface area contributed by atoms with Crippen LogP contribution in [0.2, 0.25) is 0 Å². The molecule has 1 amide bonds. The summed E-state index contributed by atoms with van der Waals surface area (Å²) in [5.74, 6) is 0.575. The van der Waals surface area contributed by atoms with Crippen LogP contribution in [0.15, 0.2) is 24.3 Å². The molecule has 1 fully saturated rings. The fourth-order valence-corrected chi connectivity index (χ4v) is 3.63. The lowest BCUT2D eigenvalue weighted by molar-refractivity contribution is -0.116. The van der Waals surface area contributed by atoms with E-state index in [4.69, 9.17) is 0 Å². The molecule has 0 radical (unpaired) electrons. The van der Waals surface area contributed by atoms with Crippen LogP contribution in [0, 0.1) is 5.92 Å². The van der Waals surface area contributed by atoms with E-state index in [9.17, 15) is 13.2 Å². The molecule has 7 heteroatoms. The van der Waals surface area contributed by atoms with E-state index in [1.54, 1.807) is 38.1 Å². The minimum Gasteiger partial charge on any atom is -0.326 e. The number of hydrogen-bond donors (Lipinski definition) is 2. The first-order valence-corrected chi connectivity index (χ1v) is 9.89. The number of benzene rings is 1. The van der Waals surface area contributed by atoms with E-state index >= 15 is 0 Å². The summed E-state index contributed by atoms with van der Waals surface area (Å²) in [4.78, 5) is 12.0. The number of carbonyl (C=O) groups excluding carboxylic acids is 1. The molecule has 1 atom stereocenters. The largest absolute Gasteiger partial charge is 0.326 e. The van der Waals surface area contributed by atoms with Gasteiger partial charge in [-0.2, -0.15) is 0 Å². The third-order valence-electron chi connectivity index (χ3n) is 4.24. The van der Waals surface area contributed by atoms with Gasteiger partial charge in [-0.15, -0.1) is 12.4 Å². The second-order valence-corrected chi connectivity index (χ2v) is 9.06. The maximum absolute atomic E-state index is 12.0. The first kappa shape index (κ1) is 20.9. The summed E-state index contributed by atoms with van der Waals surface area (Å²) in [6, 6.07) is 7.09. The van der Waals surface area contributed by atoms with Crippen LogP contribution >= 0.6 is 12.4 Å². The summed E-state index contributed by atoms with van der Waals surface area (Å²) in [7, 11) is -3.14. The van der Waals surface area contributed by atoms with E-state index in [2.05, 4.69) is 10.6 Å². The SMILES string of the molecule is CC(C)S(=O)(=O)Cc1cccc(NC(=O)CCC2CCNC2)c1.Cl. The number of carbonyl (C=O) groups is 1. The molecule has 24 heavy (non-hydrogen) atoms. The Morgan fingerprint density at radius 3 is 2.75 bits per heavy atom. The first-order valence-electron chi connectivity index (χ1n) is 8.18. The highest BCUT2D eigenvalue weighted by molar-refractivity contribution is 7.91. The van der Waals surface area contributed by atoms with Crippen molar-refractivity contribution in [3.05, 3.63) is 29.8 Å². The molecule has 0 saturated carbocycles. The lowest BCUT2D eigenvalue weighted by atomic mass is 10.0. The fourth-order valence-electron chi connectivity index (χ4n) is 2.66. The summed E-state index contributed by atoms with van der Waals surface area (Å²) in [5, 5.41) is 5.76. The average Bonchev–Trinajstić information content (AvgIpc) is 2.98. The van der Waals surface area contributed by atoms with Crippen molar-refractivity contribution in [1.29, 1.82) is 0 Å². The minimum atomic E-state index is -3.14. The van der Waals surface area contributed by atoms with Crippen molar-refractivity contribution in [2.24, 2.45) is 5.92 Å². The van der Waals surface area contributed by atoms with E-state index in [1.807, 2.05) is 0 Å². The van der Waals surface area contributed by atoms with Crippen molar-refractivity contribution < 1.29 is 13.2 Å². The van der Waals surface area contributed by atoms with Gasteiger partial charge in [0.1, 0.15) is 0 Å². The van der Waals surface area contributed by atoms with Gasteiger partial charge in [-0.05, 0) is 63.4 Å². The molecule has 5 nitrogen and oxygen atoms in total. The molecular weight excluding hydrogens is 348 g/mol. The molecule has 1 aromatic carbocycles. The maximum Gasteiger partial charge on any atom is 0.224 e. The second-order valence-electron chi connectivity index (χ2n) is 6.50. The molecule has 1 saturated heterocycles. The predicted molar refractivity (Wildman–Crippen MR) is 100 cm³/mol. The maximum atomic E-state index is 12.0. The highest BCUT2D eigenvalue weighted by Crippen LogP contribution is 2.18. The summed E-state index contributed by atoms with van der Waals surface area (Å²) in [6.07, 6.45) is 2.52. The summed E-state index contributed by atoms with van der Waals surface area (Å²) in [5.41, 5.74) is 1.37. The van der Waals surface area contributed by atoms with Crippen LogP contribution in [0.1, 0.15) is 38.7 Å². The molecule has 0 aliphatic carbocycles. The lowest BCUT2D eigenvalue weighted by Crippen LogP contribution is -2.17. The zero-order chi connectivity index (χ0) is 16.9. The van der Waals surface area contributed by atoms with Gasteiger partial charge >= 0.3 is 0 Å². The molecular formula is C17H27ClN2O3S. The Balaban J connectivity index is 0.00000288. The fraction of sp³-hybridized carbons (Fsp3) is 0.588. The number of sulfone groups is 1. The van der Waals surface area contributed by atoms with Crippen molar-refractivity contribution >= 4 is 33.8 Å². The molecule has 1 aromatic rings. The van der Waals surface area contributed by atoms with Crippen LogP contribution in [0.5, 0.6) is 0 Å². The van der Waals surface area contributed by atoms with Crippen molar-refractivity contribution in [1.82, 2.24) is 5.32 Å². The third-order valence-corrected chi connectivity index (χ3v) is 6.41. The number of halogens is 1. The molecule has 0 bridgehead atoms. The number of amides is 1. The molecule has 1 aliphatic rings. The Bertz CT molecular complexity index is 641. The van der Waals surface area contributed by atoms with E-state index in [0.717, 1.165) is 25.9 Å². The van der Waals surface area contributed by atoms with Gasteiger partial charge in [0.2, 0.25) is 5.91 Å². The molecule has 0 aromatic heterocycles. The lowest BCUT2D eigenvalue weighted by Gasteiger charge is -2.11. The van der Waals surface area contributed by atoms with E-state index in [0.29, 0.717) is 23.6 Å². The highest BCUT2D eigenvalue weighted by Gasteiger charge is 2.18. The first-order chi connectivity index (χ1) is 10.9. The number of rotatable bonds is 7. The number of nitrogens with one attached hydrogen (secondary N) is 2. The number of anilines is 1.